The lowest BCUT2D eigenvalue weighted by Crippen LogP contribution is -2.40. The van der Waals surface area contributed by atoms with E-state index >= 15 is 0 Å². The fraction of sp³-hybridized carbons (Fsp3) is 0.471. The van der Waals surface area contributed by atoms with Gasteiger partial charge in [0.15, 0.2) is 0 Å². The number of nitrogens with one attached hydrogen (secondary N) is 1. The van der Waals surface area contributed by atoms with Gasteiger partial charge in [0.25, 0.3) is 0 Å². The smallest absolute Gasteiger partial charge is 0.148 e. The standard InChI is InChI=1S/C17H24N4/c1-20-11-10-17(19-20)18-16-8-13-21(14-9-16)12-7-15-5-3-2-4-6-15/h2-6,10-11,16H,7-9,12-14H2,1H3,(H,18,19). The molecule has 1 aromatic heterocycles. The lowest BCUT2D eigenvalue weighted by atomic mass is 10.0. The first-order chi connectivity index (χ1) is 10.3. The van der Waals surface area contributed by atoms with E-state index in [1.807, 2.05) is 24.0 Å². The van der Waals surface area contributed by atoms with Gasteiger partial charge < -0.3 is 10.2 Å². The first kappa shape index (κ1) is 14.1. The van der Waals surface area contributed by atoms with Crippen LogP contribution in [0.3, 0.4) is 0 Å². The molecule has 0 spiro atoms. The Labute approximate surface area is 126 Å². The number of aryl methyl sites for hydroxylation is 1. The summed E-state index contributed by atoms with van der Waals surface area (Å²) in [5.41, 5.74) is 1.44. The molecule has 0 amide bonds. The van der Waals surface area contributed by atoms with Gasteiger partial charge in [0.2, 0.25) is 0 Å². The van der Waals surface area contributed by atoms with Crippen molar-refractivity contribution in [3.05, 3.63) is 48.2 Å². The highest BCUT2D eigenvalue weighted by molar-refractivity contribution is 5.33. The van der Waals surface area contributed by atoms with Gasteiger partial charge in [-0.15, -0.1) is 0 Å². The average Bonchev–Trinajstić information content (AvgIpc) is 2.93. The van der Waals surface area contributed by atoms with E-state index < -0.39 is 0 Å². The predicted molar refractivity (Wildman–Crippen MR) is 86.4 cm³/mol. The van der Waals surface area contributed by atoms with E-state index in [4.69, 9.17) is 0 Å². The molecule has 0 aliphatic carbocycles. The summed E-state index contributed by atoms with van der Waals surface area (Å²) < 4.78 is 1.84. The van der Waals surface area contributed by atoms with E-state index in [1.54, 1.807) is 0 Å². The highest BCUT2D eigenvalue weighted by atomic mass is 15.3. The maximum Gasteiger partial charge on any atom is 0.148 e. The van der Waals surface area contributed by atoms with Crippen LogP contribution in [0, 0.1) is 0 Å². The number of hydrogen-bond acceptors (Lipinski definition) is 3. The van der Waals surface area contributed by atoms with Gasteiger partial charge in [-0.2, -0.15) is 5.10 Å². The highest BCUT2D eigenvalue weighted by Gasteiger charge is 2.19. The second-order valence-corrected chi connectivity index (χ2v) is 5.87. The lowest BCUT2D eigenvalue weighted by Gasteiger charge is -2.32. The monoisotopic (exact) mass is 284 g/mol. The Bertz CT molecular complexity index is 541. The van der Waals surface area contributed by atoms with E-state index in [-0.39, 0.29) is 0 Å². The van der Waals surface area contributed by atoms with Crippen molar-refractivity contribution in [2.24, 2.45) is 7.05 Å². The van der Waals surface area contributed by atoms with Crippen LogP contribution in [0.4, 0.5) is 5.82 Å². The number of rotatable bonds is 5. The van der Waals surface area contributed by atoms with Gasteiger partial charge in [-0.1, -0.05) is 30.3 Å². The van der Waals surface area contributed by atoms with Gasteiger partial charge in [0.1, 0.15) is 5.82 Å². The van der Waals surface area contributed by atoms with Crippen molar-refractivity contribution in [2.75, 3.05) is 25.0 Å². The van der Waals surface area contributed by atoms with Gasteiger partial charge in [-0.05, 0) is 24.8 Å². The maximum atomic E-state index is 4.39. The van der Waals surface area contributed by atoms with Crippen LogP contribution in [0.1, 0.15) is 18.4 Å². The van der Waals surface area contributed by atoms with Gasteiger partial charge in [-0.25, -0.2) is 0 Å². The lowest BCUT2D eigenvalue weighted by molar-refractivity contribution is 0.221. The van der Waals surface area contributed by atoms with Crippen LogP contribution >= 0.6 is 0 Å². The first-order valence-electron chi connectivity index (χ1n) is 7.82. The van der Waals surface area contributed by atoms with Crippen molar-refractivity contribution >= 4 is 5.82 Å². The van der Waals surface area contributed by atoms with E-state index in [2.05, 4.69) is 45.6 Å². The molecular weight excluding hydrogens is 260 g/mol. The third-order valence-corrected chi connectivity index (χ3v) is 4.21. The Morgan fingerprint density at radius 3 is 2.57 bits per heavy atom. The molecule has 1 saturated heterocycles. The number of piperidine rings is 1. The van der Waals surface area contributed by atoms with Crippen LogP contribution in [0.5, 0.6) is 0 Å². The highest BCUT2D eigenvalue weighted by Crippen LogP contribution is 2.15. The Hall–Kier alpha value is -1.81. The Morgan fingerprint density at radius 2 is 1.90 bits per heavy atom. The minimum atomic E-state index is 0.563. The summed E-state index contributed by atoms with van der Waals surface area (Å²) in [6, 6.07) is 13.4. The molecule has 0 atom stereocenters. The molecule has 1 N–H and O–H groups in total. The van der Waals surface area contributed by atoms with Crippen LogP contribution in [-0.2, 0) is 13.5 Å². The Balaban J connectivity index is 1.40. The second kappa shape index (κ2) is 6.76. The van der Waals surface area contributed by atoms with Crippen LogP contribution in [0.25, 0.3) is 0 Å². The minimum absolute atomic E-state index is 0.563. The molecule has 0 saturated carbocycles. The van der Waals surface area contributed by atoms with Crippen molar-refractivity contribution in [1.29, 1.82) is 0 Å². The molecule has 2 aromatic rings. The van der Waals surface area contributed by atoms with Crippen LogP contribution in [-0.4, -0.2) is 40.4 Å². The summed E-state index contributed by atoms with van der Waals surface area (Å²) >= 11 is 0. The maximum absolute atomic E-state index is 4.39. The molecule has 0 unspecified atom stereocenters. The topological polar surface area (TPSA) is 33.1 Å². The fourth-order valence-corrected chi connectivity index (χ4v) is 2.93. The number of anilines is 1. The molecule has 3 rings (SSSR count). The van der Waals surface area contributed by atoms with Crippen LogP contribution < -0.4 is 5.32 Å². The molecule has 4 heteroatoms. The number of hydrogen-bond donors (Lipinski definition) is 1. The summed E-state index contributed by atoms with van der Waals surface area (Å²) in [5, 5.41) is 7.93. The van der Waals surface area contributed by atoms with E-state index in [0.717, 1.165) is 12.2 Å². The number of aromatic nitrogens is 2. The molecule has 1 aliphatic rings. The van der Waals surface area contributed by atoms with E-state index in [0.29, 0.717) is 6.04 Å². The normalized spacial score (nSPS) is 17.0. The van der Waals surface area contributed by atoms with Crippen molar-refractivity contribution in [3.63, 3.8) is 0 Å². The molecule has 0 radical (unpaired) electrons. The zero-order chi connectivity index (χ0) is 14.5. The van der Waals surface area contributed by atoms with Crippen molar-refractivity contribution < 1.29 is 0 Å². The first-order valence-corrected chi connectivity index (χ1v) is 7.82. The Morgan fingerprint density at radius 1 is 1.14 bits per heavy atom. The van der Waals surface area contributed by atoms with Crippen molar-refractivity contribution in [2.45, 2.75) is 25.3 Å². The molecule has 21 heavy (non-hydrogen) atoms. The number of likely N-dealkylation sites (tertiary alicyclic amines) is 1. The average molecular weight is 284 g/mol. The molecule has 1 fully saturated rings. The van der Waals surface area contributed by atoms with E-state index in [1.165, 1.54) is 38.0 Å². The molecule has 0 bridgehead atoms. The predicted octanol–water partition coefficient (Wildman–Crippen LogP) is 2.54. The van der Waals surface area contributed by atoms with Gasteiger partial charge in [-0.3, -0.25) is 4.68 Å². The molecular formula is C17H24N4. The van der Waals surface area contributed by atoms with Crippen LogP contribution in [0.15, 0.2) is 42.6 Å². The van der Waals surface area contributed by atoms with Crippen molar-refractivity contribution in [3.8, 4) is 0 Å². The number of nitrogens with zero attached hydrogens (tertiary/aromatic N) is 3. The summed E-state index contributed by atoms with van der Waals surface area (Å²) in [6.07, 6.45) is 5.53. The quantitative estimate of drug-likeness (QED) is 0.916. The van der Waals surface area contributed by atoms with Crippen molar-refractivity contribution in [1.82, 2.24) is 14.7 Å². The van der Waals surface area contributed by atoms with Crippen LogP contribution in [0.2, 0.25) is 0 Å². The number of benzene rings is 1. The second-order valence-electron chi connectivity index (χ2n) is 5.87. The molecule has 1 aromatic carbocycles. The summed E-state index contributed by atoms with van der Waals surface area (Å²) in [5.74, 6) is 1.00. The molecule has 1 aliphatic heterocycles. The molecule has 4 nitrogen and oxygen atoms in total. The summed E-state index contributed by atoms with van der Waals surface area (Å²) in [4.78, 5) is 2.57. The third kappa shape index (κ3) is 4.08. The van der Waals surface area contributed by atoms with Gasteiger partial charge in [0, 0.05) is 45.0 Å². The third-order valence-electron chi connectivity index (χ3n) is 4.21. The molecule has 112 valence electrons. The zero-order valence-corrected chi connectivity index (χ0v) is 12.7. The SMILES string of the molecule is Cn1ccc(NC2CCN(CCc3ccccc3)CC2)n1. The summed E-state index contributed by atoms with van der Waals surface area (Å²) in [6.45, 7) is 3.52. The zero-order valence-electron chi connectivity index (χ0n) is 12.7. The van der Waals surface area contributed by atoms with E-state index in [9.17, 15) is 0 Å². The van der Waals surface area contributed by atoms with Gasteiger partial charge in [0.05, 0.1) is 0 Å². The Kier molecular flexibility index (Phi) is 4.55. The fourth-order valence-electron chi connectivity index (χ4n) is 2.93. The minimum Gasteiger partial charge on any atom is -0.366 e. The largest absolute Gasteiger partial charge is 0.366 e. The summed E-state index contributed by atoms with van der Waals surface area (Å²) in [7, 11) is 1.96. The molecule has 2 heterocycles. The van der Waals surface area contributed by atoms with Gasteiger partial charge >= 0.3 is 0 Å².